The van der Waals surface area contributed by atoms with Crippen molar-refractivity contribution in [3.8, 4) is 5.75 Å². The van der Waals surface area contributed by atoms with E-state index in [1.807, 2.05) is 13.1 Å². The number of nitrogens with zero attached hydrogens (tertiary/aromatic N) is 3. The summed E-state index contributed by atoms with van der Waals surface area (Å²) in [6.07, 6.45) is -3.33. The average Bonchev–Trinajstić information content (AvgIpc) is 3.36. The number of alkyl halides is 3. The van der Waals surface area contributed by atoms with Crippen LogP contribution in [0.3, 0.4) is 0 Å². The van der Waals surface area contributed by atoms with Gasteiger partial charge in [-0.2, -0.15) is 13.2 Å². The maximum absolute atomic E-state index is 13.3. The monoisotopic (exact) mass is 499 g/mol. The minimum atomic E-state index is -4.47. The second-order valence-electron chi connectivity index (χ2n) is 7.89. The summed E-state index contributed by atoms with van der Waals surface area (Å²) in [5.41, 5.74) is -1.68. The summed E-state index contributed by atoms with van der Waals surface area (Å²) in [6, 6.07) is 4.25. The van der Waals surface area contributed by atoms with Crippen LogP contribution in [-0.4, -0.2) is 39.1 Å². The van der Waals surface area contributed by atoms with Crippen molar-refractivity contribution < 1.29 is 23.0 Å². The Labute approximate surface area is 196 Å². The summed E-state index contributed by atoms with van der Waals surface area (Å²) in [5, 5.41) is 15.3. The van der Waals surface area contributed by atoms with Gasteiger partial charge in [-0.1, -0.05) is 0 Å². The number of thioether (sulfide) groups is 1. The summed E-state index contributed by atoms with van der Waals surface area (Å²) in [7, 11) is 1.51. The second kappa shape index (κ2) is 9.29. The zero-order valence-electron chi connectivity index (χ0n) is 18.4. The molecule has 0 fully saturated rings. The van der Waals surface area contributed by atoms with Gasteiger partial charge in [0.15, 0.2) is 0 Å². The number of rotatable bonds is 7. The van der Waals surface area contributed by atoms with Crippen LogP contribution in [0.5, 0.6) is 5.75 Å². The summed E-state index contributed by atoms with van der Waals surface area (Å²) in [6.45, 7) is 2.11. The van der Waals surface area contributed by atoms with Crippen LogP contribution in [0.25, 0.3) is 0 Å². The highest BCUT2D eigenvalue weighted by atomic mass is 32.2. The zero-order valence-corrected chi connectivity index (χ0v) is 19.2. The minimum Gasteiger partial charge on any atom is -0.452 e. The van der Waals surface area contributed by atoms with Gasteiger partial charge in [0.2, 0.25) is 0 Å². The first-order chi connectivity index (χ1) is 16.1. The number of ether oxygens (including phenoxy) is 1. The zero-order chi connectivity index (χ0) is 24.6. The Kier molecular flexibility index (Phi) is 6.58. The van der Waals surface area contributed by atoms with Gasteiger partial charge in [0, 0.05) is 26.4 Å². The van der Waals surface area contributed by atoms with Crippen molar-refractivity contribution in [2.45, 2.75) is 37.8 Å². The van der Waals surface area contributed by atoms with Crippen LogP contribution >= 0.6 is 11.8 Å². The fraction of sp³-hybridized carbons (Fsp3) is 0.429. The first-order valence-corrected chi connectivity index (χ1v) is 11.4. The van der Waals surface area contributed by atoms with Crippen LogP contribution in [0, 0.1) is 0 Å². The first kappa shape index (κ1) is 24.1. The van der Waals surface area contributed by atoms with Crippen molar-refractivity contribution in [1.29, 1.82) is 0 Å². The highest BCUT2D eigenvalue weighted by Crippen LogP contribution is 2.35. The molecule has 2 aliphatic rings. The molecule has 3 N–H and O–H groups in total. The molecule has 34 heavy (non-hydrogen) atoms. The largest absolute Gasteiger partial charge is 0.452 e. The molecule has 2 unspecified atom stereocenters. The number of hydrogen-bond donors (Lipinski definition) is 3. The molecule has 13 heteroatoms. The molecule has 0 radical (unpaired) electrons. The highest BCUT2D eigenvalue weighted by molar-refractivity contribution is 8.03. The van der Waals surface area contributed by atoms with Crippen LogP contribution < -0.4 is 31.5 Å². The molecular weight excluding hydrogens is 475 g/mol. The number of allylic oxidation sites excluding steroid dienone is 1. The Hall–Kier alpha value is -3.06. The van der Waals surface area contributed by atoms with E-state index in [2.05, 4.69) is 10.6 Å². The Morgan fingerprint density at radius 1 is 1.21 bits per heavy atom. The highest BCUT2D eigenvalue weighted by Gasteiger charge is 2.38. The molecule has 1 aromatic carbocycles. The molecule has 2 aromatic rings. The standard InChI is InChI=1S/C21H24F3N5O4S/c1-12-10-25-15(34-12)11-29-16-17(27(2)20(32)28(18(16)31)8-3-9-30)26-19(29)33-14-6-4-13(5-7-14)21(22,23)24/h4-7,10,15,19,25-26,30H,3,8-9,11H2,1-2H3. The van der Waals surface area contributed by atoms with Gasteiger partial charge < -0.3 is 25.4 Å². The topological polar surface area (TPSA) is 101 Å². The van der Waals surface area contributed by atoms with Crippen molar-refractivity contribution in [2.75, 3.05) is 23.4 Å². The predicted molar refractivity (Wildman–Crippen MR) is 123 cm³/mol. The third-order valence-electron chi connectivity index (χ3n) is 5.49. The third kappa shape index (κ3) is 4.62. The number of anilines is 2. The van der Waals surface area contributed by atoms with E-state index in [1.165, 1.54) is 23.7 Å². The van der Waals surface area contributed by atoms with E-state index in [-0.39, 0.29) is 42.2 Å². The fourth-order valence-electron chi connectivity index (χ4n) is 3.82. The molecule has 4 rings (SSSR count). The lowest BCUT2D eigenvalue weighted by molar-refractivity contribution is -0.137. The van der Waals surface area contributed by atoms with Gasteiger partial charge in [0.05, 0.1) is 17.5 Å². The van der Waals surface area contributed by atoms with Crippen molar-refractivity contribution in [2.24, 2.45) is 7.05 Å². The quantitative estimate of drug-likeness (QED) is 0.533. The minimum absolute atomic E-state index is 0.0463. The van der Waals surface area contributed by atoms with E-state index < -0.39 is 29.3 Å². The second-order valence-corrected chi connectivity index (χ2v) is 9.34. The van der Waals surface area contributed by atoms with Gasteiger partial charge in [-0.3, -0.25) is 13.9 Å². The average molecular weight is 500 g/mol. The van der Waals surface area contributed by atoms with E-state index in [0.29, 0.717) is 6.54 Å². The lowest BCUT2D eigenvalue weighted by Crippen LogP contribution is -2.47. The molecule has 3 heterocycles. The molecule has 0 amide bonds. The number of benzene rings is 1. The summed E-state index contributed by atoms with van der Waals surface area (Å²) in [4.78, 5) is 28.8. The Balaban J connectivity index is 1.69. The van der Waals surface area contributed by atoms with Crippen molar-refractivity contribution in [3.63, 3.8) is 0 Å². The molecule has 2 aliphatic heterocycles. The summed E-state index contributed by atoms with van der Waals surface area (Å²) < 4.78 is 47.0. The molecule has 0 saturated carbocycles. The number of aliphatic hydroxyl groups is 1. The summed E-state index contributed by atoms with van der Waals surface area (Å²) >= 11 is 1.56. The van der Waals surface area contributed by atoms with Crippen molar-refractivity contribution in [1.82, 2.24) is 14.5 Å². The van der Waals surface area contributed by atoms with Gasteiger partial charge in [-0.25, -0.2) is 4.79 Å². The molecule has 0 saturated heterocycles. The van der Waals surface area contributed by atoms with Gasteiger partial charge in [0.1, 0.15) is 17.3 Å². The fourth-order valence-corrected chi connectivity index (χ4v) is 4.77. The number of aliphatic hydroxyl groups excluding tert-OH is 1. The molecule has 0 spiro atoms. The smallest absolute Gasteiger partial charge is 0.416 e. The number of fused-ring (bicyclic) bond motifs is 1. The Bertz CT molecular complexity index is 1210. The van der Waals surface area contributed by atoms with Gasteiger partial charge in [0.25, 0.3) is 11.9 Å². The molecule has 9 nitrogen and oxygen atoms in total. The first-order valence-electron chi connectivity index (χ1n) is 10.5. The van der Waals surface area contributed by atoms with Crippen LogP contribution in [0.4, 0.5) is 24.7 Å². The van der Waals surface area contributed by atoms with Gasteiger partial charge in [-0.15, -0.1) is 11.8 Å². The predicted octanol–water partition coefficient (Wildman–Crippen LogP) is 2.07. The van der Waals surface area contributed by atoms with Crippen LogP contribution in [0.1, 0.15) is 18.9 Å². The van der Waals surface area contributed by atoms with E-state index in [1.54, 1.807) is 16.7 Å². The number of nitrogens with one attached hydrogen (secondary N) is 2. The van der Waals surface area contributed by atoms with E-state index in [0.717, 1.165) is 21.6 Å². The van der Waals surface area contributed by atoms with Crippen molar-refractivity contribution in [3.05, 3.63) is 61.8 Å². The van der Waals surface area contributed by atoms with E-state index in [4.69, 9.17) is 9.84 Å². The van der Waals surface area contributed by atoms with Crippen molar-refractivity contribution >= 4 is 23.3 Å². The third-order valence-corrected chi connectivity index (χ3v) is 6.55. The molecular formula is C21H24F3N5O4S. The molecule has 0 bridgehead atoms. The van der Waals surface area contributed by atoms with Gasteiger partial charge in [-0.05, 0) is 42.5 Å². The SMILES string of the molecule is CC1=CNC(CN2c3c(n(C)c(=O)n(CCCO)c3=O)NC2Oc2ccc(C(F)(F)F)cc2)S1. The van der Waals surface area contributed by atoms with E-state index >= 15 is 0 Å². The lowest BCUT2D eigenvalue weighted by Gasteiger charge is -2.28. The molecule has 184 valence electrons. The molecule has 1 aromatic heterocycles. The number of hydrogen-bond acceptors (Lipinski definition) is 8. The molecule has 0 aliphatic carbocycles. The maximum Gasteiger partial charge on any atom is 0.416 e. The number of aromatic nitrogens is 2. The van der Waals surface area contributed by atoms with Crippen LogP contribution in [0.2, 0.25) is 0 Å². The van der Waals surface area contributed by atoms with E-state index in [9.17, 15) is 22.8 Å². The lowest BCUT2D eigenvalue weighted by atomic mass is 10.2. The van der Waals surface area contributed by atoms with Crippen LogP contribution in [0.15, 0.2) is 45.0 Å². The Morgan fingerprint density at radius 3 is 2.50 bits per heavy atom. The van der Waals surface area contributed by atoms with Gasteiger partial charge >= 0.3 is 11.9 Å². The summed E-state index contributed by atoms with van der Waals surface area (Å²) in [5.74, 6) is 0.412. The molecule has 2 atom stereocenters. The number of halogens is 3. The van der Waals surface area contributed by atoms with Crippen LogP contribution in [-0.2, 0) is 19.8 Å². The maximum atomic E-state index is 13.3. The Morgan fingerprint density at radius 2 is 1.91 bits per heavy atom. The normalized spacial score (nSPS) is 19.5.